The Morgan fingerprint density at radius 3 is 2.65 bits per heavy atom. The predicted molar refractivity (Wildman–Crippen MR) is 101 cm³/mol. The van der Waals surface area contributed by atoms with Crippen LogP contribution in [-0.2, 0) is 21.2 Å². The number of nitrogens with one attached hydrogen (secondary N) is 1. The first-order valence-electron chi connectivity index (χ1n) is 9.39. The van der Waals surface area contributed by atoms with E-state index in [2.05, 4.69) is 17.4 Å². The van der Waals surface area contributed by atoms with Crippen LogP contribution < -0.4 is 10.1 Å². The van der Waals surface area contributed by atoms with Gasteiger partial charge in [0.15, 0.2) is 0 Å². The average molecular weight is 381 g/mol. The van der Waals surface area contributed by atoms with Crippen molar-refractivity contribution >= 4 is 15.9 Å². The van der Waals surface area contributed by atoms with Crippen LogP contribution in [0.3, 0.4) is 0 Å². The van der Waals surface area contributed by atoms with Crippen molar-refractivity contribution in [2.24, 2.45) is 5.92 Å². The third kappa shape index (κ3) is 4.04. The number of fused-ring (bicyclic) bond motifs is 1. The molecule has 6 nitrogen and oxygen atoms in total. The molecule has 3 rings (SSSR count). The fraction of sp³-hybridized carbons (Fsp3) is 0.632. The highest BCUT2D eigenvalue weighted by atomic mass is 32.2. The van der Waals surface area contributed by atoms with Crippen molar-refractivity contribution in [1.82, 2.24) is 9.62 Å². The Hall–Kier alpha value is -1.60. The maximum absolute atomic E-state index is 12.7. The van der Waals surface area contributed by atoms with Crippen LogP contribution in [-0.4, -0.2) is 44.6 Å². The number of hydrogen-bond donors (Lipinski definition) is 1. The van der Waals surface area contributed by atoms with Crippen LogP contribution in [0.25, 0.3) is 0 Å². The summed E-state index contributed by atoms with van der Waals surface area (Å²) in [7, 11) is -1.49. The van der Waals surface area contributed by atoms with Crippen molar-refractivity contribution in [2.45, 2.75) is 45.1 Å². The van der Waals surface area contributed by atoms with Crippen LogP contribution in [0.1, 0.15) is 49.8 Å². The van der Waals surface area contributed by atoms with E-state index in [-0.39, 0.29) is 23.6 Å². The van der Waals surface area contributed by atoms with E-state index in [0.29, 0.717) is 25.9 Å². The molecule has 144 valence electrons. The Kier molecular flexibility index (Phi) is 5.87. The second kappa shape index (κ2) is 7.96. The summed E-state index contributed by atoms with van der Waals surface area (Å²) < 4.78 is 30.7. The number of amides is 1. The maximum atomic E-state index is 12.7. The predicted octanol–water partition coefficient (Wildman–Crippen LogP) is 2.25. The molecule has 1 unspecified atom stereocenters. The SMILES string of the molecule is CCS(=O)(=O)N1CCC(C(=O)NC2CCCc3cc(OC)ccc32)CC1. The van der Waals surface area contributed by atoms with Crippen LogP contribution in [0, 0.1) is 5.92 Å². The molecule has 0 spiro atoms. The summed E-state index contributed by atoms with van der Waals surface area (Å²) in [5, 5.41) is 3.20. The number of benzene rings is 1. The second-order valence-corrected chi connectivity index (χ2v) is 9.35. The highest BCUT2D eigenvalue weighted by molar-refractivity contribution is 7.89. The Morgan fingerprint density at radius 1 is 1.27 bits per heavy atom. The molecule has 1 aromatic carbocycles. The van der Waals surface area contributed by atoms with Gasteiger partial charge in [0.1, 0.15) is 5.75 Å². The number of sulfonamides is 1. The minimum Gasteiger partial charge on any atom is -0.497 e. The van der Waals surface area contributed by atoms with Crippen molar-refractivity contribution in [2.75, 3.05) is 26.0 Å². The van der Waals surface area contributed by atoms with Gasteiger partial charge in [-0.2, -0.15) is 0 Å². The summed E-state index contributed by atoms with van der Waals surface area (Å²) in [6.45, 7) is 2.53. The summed E-state index contributed by atoms with van der Waals surface area (Å²) in [5.74, 6) is 0.904. The third-order valence-electron chi connectivity index (χ3n) is 5.56. The topological polar surface area (TPSA) is 75.7 Å². The normalized spacial score (nSPS) is 21.8. The molecule has 0 aromatic heterocycles. The number of hydrogen-bond acceptors (Lipinski definition) is 4. The van der Waals surface area contributed by atoms with Crippen LogP contribution in [0.5, 0.6) is 5.75 Å². The fourth-order valence-corrected chi connectivity index (χ4v) is 5.07. The molecule has 1 aromatic rings. The van der Waals surface area contributed by atoms with Gasteiger partial charge in [0.05, 0.1) is 18.9 Å². The van der Waals surface area contributed by atoms with Gasteiger partial charge in [0.2, 0.25) is 15.9 Å². The first kappa shape index (κ1) is 19.2. The zero-order chi connectivity index (χ0) is 18.7. The molecule has 1 amide bonds. The summed E-state index contributed by atoms with van der Waals surface area (Å²) in [6.07, 6.45) is 4.17. The van der Waals surface area contributed by atoms with E-state index >= 15 is 0 Å². The molecular formula is C19H28N2O4S. The van der Waals surface area contributed by atoms with Crippen LogP contribution in [0.2, 0.25) is 0 Å². The van der Waals surface area contributed by atoms with E-state index in [1.165, 1.54) is 15.4 Å². The average Bonchev–Trinajstić information content (AvgIpc) is 2.67. The zero-order valence-corrected chi connectivity index (χ0v) is 16.3. The van der Waals surface area contributed by atoms with Crippen molar-refractivity contribution in [1.29, 1.82) is 0 Å². The molecule has 1 fully saturated rings. The molecule has 2 aliphatic rings. The van der Waals surface area contributed by atoms with E-state index in [1.54, 1.807) is 14.0 Å². The second-order valence-electron chi connectivity index (χ2n) is 7.09. The maximum Gasteiger partial charge on any atom is 0.223 e. The number of nitrogens with zero attached hydrogens (tertiary/aromatic N) is 1. The molecule has 1 aliphatic heterocycles. The van der Waals surface area contributed by atoms with E-state index in [1.807, 2.05) is 6.07 Å². The van der Waals surface area contributed by atoms with Gasteiger partial charge in [-0.05, 0) is 62.3 Å². The molecular weight excluding hydrogens is 352 g/mol. The number of piperidine rings is 1. The zero-order valence-electron chi connectivity index (χ0n) is 15.5. The van der Waals surface area contributed by atoms with Gasteiger partial charge in [0.25, 0.3) is 0 Å². The number of carbonyl (C=O) groups is 1. The molecule has 1 atom stereocenters. The Balaban J connectivity index is 1.62. The molecule has 1 saturated heterocycles. The third-order valence-corrected chi connectivity index (χ3v) is 7.45. The number of carbonyl (C=O) groups excluding carboxylic acids is 1. The van der Waals surface area contributed by atoms with E-state index in [4.69, 9.17) is 4.74 Å². The smallest absolute Gasteiger partial charge is 0.223 e. The first-order chi connectivity index (χ1) is 12.4. The molecule has 1 aliphatic carbocycles. The quantitative estimate of drug-likeness (QED) is 0.850. The van der Waals surface area contributed by atoms with E-state index in [9.17, 15) is 13.2 Å². The molecule has 0 bridgehead atoms. The molecule has 7 heteroatoms. The van der Waals surface area contributed by atoms with Gasteiger partial charge in [-0.1, -0.05) is 6.07 Å². The van der Waals surface area contributed by atoms with Gasteiger partial charge in [-0.25, -0.2) is 12.7 Å². The van der Waals surface area contributed by atoms with Gasteiger partial charge < -0.3 is 10.1 Å². The highest BCUT2D eigenvalue weighted by Gasteiger charge is 2.32. The summed E-state index contributed by atoms with van der Waals surface area (Å²) in [6, 6.07) is 6.09. The number of ether oxygens (including phenoxy) is 1. The lowest BCUT2D eigenvalue weighted by atomic mass is 9.86. The Bertz CT molecular complexity index is 755. The van der Waals surface area contributed by atoms with Crippen molar-refractivity contribution in [3.05, 3.63) is 29.3 Å². The molecule has 0 radical (unpaired) electrons. The molecule has 0 saturated carbocycles. The number of aryl methyl sites for hydroxylation is 1. The minimum absolute atomic E-state index is 0.0366. The summed E-state index contributed by atoms with van der Waals surface area (Å²) in [4.78, 5) is 12.7. The Morgan fingerprint density at radius 2 is 2.00 bits per heavy atom. The number of methoxy groups -OCH3 is 1. The van der Waals surface area contributed by atoms with E-state index in [0.717, 1.165) is 25.0 Å². The molecule has 26 heavy (non-hydrogen) atoms. The first-order valence-corrected chi connectivity index (χ1v) is 11.0. The Labute approximate surface area is 156 Å². The largest absolute Gasteiger partial charge is 0.497 e. The standard InChI is InChI=1S/C19H28N2O4S/c1-3-26(23,24)21-11-9-14(10-12-21)19(22)20-18-6-4-5-15-13-16(25-2)7-8-17(15)18/h7-8,13-14,18H,3-6,9-12H2,1-2H3,(H,20,22). The fourth-order valence-electron chi connectivity index (χ4n) is 3.94. The summed E-state index contributed by atoms with van der Waals surface area (Å²) in [5.41, 5.74) is 2.42. The van der Waals surface area contributed by atoms with Gasteiger partial charge in [-0.15, -0.1) is 0 Å². The van der Waals surface area contributed by atoms with Crippen molar-refractivity contribution < 1.29 is 17.9 Å². The van der Waals surface area contributed by atoms with Crippen molar-refractivity contribution in [3.8, 4) is 5.75 Å². The van der Waals surface area contributed by atoms with Crippen LogP contribution >= 0.6 is 0 Å². The van der Waals surface area contributed by atoms with Crippen LogP contribution in [0.4, 0.5) is 0 Å². The molecule has 1 heterocycles. The monoisotopic (exact) mass is 380 g/mol. The van der Waals surface area contributed by atoms with Gasteiger partial charge >= 0.3 is 0 Å². The van der Waals surface area contributed by atoms with Gasteiger partial charge in [0, 0.05) is 19.0 Å². The lowest BCUT2D eigenvalue weighted by Gasteiger charge is -2.32. The van der Waals surface area contributed by atoms with Crippen molar-refractivity contribution in [3.63, 3.8) is 0 Å². The van der Waals surface area contributed by atoms with E-state index < -0.39 is 10.0 Å². The molecule has 1 N–H and O–H groups in total. The van der Waals surface area contributed by atoms with Gasteiger partial charge in [-0.3, -0.25) is 4.79 Å². The lowest BCUT2D eigenvalue weighted by molar-refractivity contribution is -0.127. The lowest BCUT2D eigenvalue weighted by Crippen LogP contribution is -2.44. The minimum atomic E-state index is -3.15. The highest BCUT2D eigenvalue weighted by Crippen LogP contribution is 2.33. The number of rotatable bonds is 5. The summed E-state index contributed by atoms with van der Waals surface area (Å²) >= 11 is 0. The van der Waals surface area contributed by atoms with Crippen LogP contribution in [0.15, 0.2) is 18.2 Å².